The van der Waals surface area contributed by atoms with E-state index in [9.17, 15) is 5.26 Å². The van der Waals surface area contributed by atoms with Gasteiger partial charge in [-0.1, -0.05) is 0 Å². The normalized spacial score (nSPS) is 12.4. The maximum Gasteiger partial charge on any atom is 0.230 e. The van der Waals surface area contributed by atoms with Crippen LogP contribution in [0.2, 0.25) is 0 Å². The fourth-order valence-electron chi connectivity index (χ4n) is 3.48. The molecule has 0 saturated carbocycles. The Hall–Kier alpha value is -3.94. The van der Waals surface area contributed by atoms with Gasteiger partial charge in [0.1, 0.15) is 5.75 Å². The van der Waals surface area contributed by atoms with Crippen LogP contribution in [0.25, 0.3) is 0 Å². The van der Waals surface area contributed by atoms with Gasteiger partial charge in [-0.25, -0.2) is 4.98 Å². The van der Waals surface area contributed by atoms with E-state index in [1.54, 1.807) is 12.1 Å². The first-order chi connectivity index (χ1) is 14.6. The second-order valence-corrected chi connectivity index (χ2v) is 7.17. The van der Waals surface area contributed by atoms with E-state index in [0.29, 0.717) is 35.2 Å². The second kappa shape index (κ2) is 8.20. The van der Waals surface area contributed by atoms with E-state index in [1.807, 2.05) is 38.1 Å². The highest BCUT2D eigenvalue weighted by molar-refractivity contribution is 5.57. The Morgan fingerprint density at radius 1 is 1.00 bits per heavy atom. The van der Waals surface area contributed by atoms with Crippen LogP contribution in [-0.2, 0) is 13.0 Å². The minimum Gasteiger partial charge on any atom is -0.438 e. The van der Waals surface area contributed by atoms with Crippen molar-refractivity contribution < 1.29 is 4.74 Å². The standard InChI is InChI=1S/C23H20N6O/c1-14-9-17(12-25)10-15(2)21(14)30-22-19-13-26-8-7-20(19)28-23(29-22)27-18-5-3-16(11-24)4-6-18/h3-6,9-10,26H,7-8,13H2,1-2H3,(H,27,28,29). The van der Waals surface area contributed by atoms with Gasteiger partial charge in [-0.05, 0) is 61.4 Å². The zero-order valence-electron chi connectivity index (χ0n) is 16.8. The average molecular weight is 396 g/mol. The van der Waals surface area contributed by atoms with Crippen LogP contribution in [0.4, 0.5) is 11.6 Å². The summed E-state index contributed by atoms with van der Waals surface area (Å²) < 4.78 is 6.27. The molecule has 4 rings (SSSR count). The van der Waals surface area contributed by atoms with Gasteiger partial charge in [-0.2, -0.15) is 15.5 Å². The smallest absolute Gasteiger partial charge is 0.230 e. The largest absolute Gasteiger partial charge is 0.438 e. The van der Waals surface area contributed by atoms with E-state index in [0.717, 1.165) is 41.0 Å². The molecule has 0 amide bonds. The van der Waals surface area contributed by atoms with Crippen LogP contribution in [0.5, 0.6) is 11.6 Å². The SMILES string of the molecule is Cc1cc(C#N)cc(C)c1Oc1nc(Nc2ccc(C#N)cc2)nc2c1CNCC2. The predicted molar refractivity (Wildman–Crippen MR) is 113 cm³/mol. The van der Waals surface area contributed by atoms with E-state index in [1.165, 1.54) is 0 Å². The van der Waals surface area contributed by atoms with E-state index >= 15 is 0 Å². The van der Waals surface area contributed by atoms with Crippen molar-refractivity contribution in [3.05, 3.63) is 69.9 Å². The van der Waals surface area contributed by atoms with Gasteiger partial charge in [-0.3, -0.25) is 0 Å². The molecule has 0 aliphatic carbocycles. The molecule has 2 N–H and O–H groups in total. The molecule has 7 nitrogen and oxygen atoms in total. The molecule has 0 radical (unpaired) electrons. The highest BCUT2D eigenvalue weighted by atomic mass is 16.5. The quantitative estimate of drug-likeness (QED) is 0.686. The molecular weight excluding hydrogens is 376 g/mol. The molecule has 2 heterocycles. The minimum atomic E-state index is 0.444. The highest BCUT2D eigenvalue weighted by Gasteiger charge is 2.21. The number of hydrogen-bond donors (Lipinski definition) is 2. The molecule has 0 atom stereocenters. The van der Waals surface area contributed by atoms with Crippen molar-refractivity contribution in [1.82, 2.24) is 15.3 Å². The van der Waals surface area contributed by atoms with Crippen LogP contribution in [0.1, 0.15) is 33.5 Å². The fraction of sp³-hybridized carbons (Fsp3) is 0.217. The number of aromatic nitrogens is 2. The summed E-state index contributed by atoms with van der Waals surface area (Å²) in [6.45, 7) is 5.32. The molecule has 1 aliphatic heterocycles. The lowest BCUT2D eigenvalue weighted by Crippen LogP contribution is -2.26. The van der Waals surface area contributed by atoms with Gasteiger partial charge in [0.05, 0.1) is 34.5 Å². The Balaban J connectivity index is 1.71. The highest BCUT2D eigenvalue weighted by Crippen LogP contribution is 2.33. The average Bonchev–Trinajstić information content (AvgIpc) is 2.76. The maximum absolute atomic E-state index is 9.19. The molecule has 7 heteroatoms. The van der Waals surface area contributed by atoms with Crippen LogP contribution in [0, 0.1) is 36.5 Å². The summed E-state index contributed by atoms with van der Waals surface area (Å²) in [6, 6.07) is 15.0. The Morgan fingerprint density at radius 3 is 2.37 bits per heavy atom. The number of ether oxygens (including phenoxy) is 1. The Kier molecular flexibility index (Phi) is 5.30. The van der Waals surface area contributed by atoms with Gasteiger partial charge < -0.3 is 15.4 Å². The molecule has 0 saturated heterocycles. The van der Waals surface area contributed by atoms with Crippen molar-refractivity contribution in [2.75, 3.05) is 11.9 Å². The number of hydrogen-bond acceptors (Lipinski definition) is 7. The first-order valence-electron chi connectivity index (χ1n) is 9.64. The maximum atomic E-state index is 9.19. The zero-order valence-corrected chi connectivity index (χ0v) is 16.8. The molecule has 0 fully saturated rings. The second-order valence-electron chi connectivity index (χ2n) is 7.17. The topological polar surface area (TPSA) is 107 Å². The zero-order chi connectivity index (χ0) is 21.1. The first-order valence-corrected chi connectivity index (χ1v) is 9.64. The number of nitrogens with one attached hydrogen (secondary N) is 2. The molecular formula is C23H20N6O. The van der Waals surface area contributed by atoms with Gasteiger partial charge in [0, 0.05) is 25.2 Å². The van der Waals surface area contributed by atoms with Gasteiger partial charge in [0.15, 0.2) is 0 Å². The summed E-state index contributed by atoms with van der Waals surface area (Å²) in [5, 5.41) is 24.7. The first kappa shape index (κ1) is 19.4. The van der Waals surface area contributed by atoms with Gasteiger partial charge in [-0.15, -0.1) is 0 Å². The van der Waals surface area contributed by atoms with Gasteiger partial charge in [0.25, 0.3) is 0 Å². The summed E-state index contributed by atoms with van der Waals surface area (Å²) in [5.74, 6) is 1.64. The summed E-state index contributed by atoms with van der Waals surface area (Å²) >= 11 is 0. The number of fused-ring (bicyclic) bond motifs is 1. The lowest BCUT2D eigenvalue weighted by Gasteiger charge is -2.21. The van der Waals surface area contributed by atoms with Gasteiger partial charge >= 0.3 is 0 Å². The molecule has 0 unspecified atom stereocenters. The summed E-state index contributed by atoms with van der Waals surface area (Å²) in [4.78, 5) is 9.30. The van der Waals surface area contributed by atoms with Crippen LogP contribution in [0.3, 0.4) is 0 Å². The Bertz CT molecular complexity index is 1170. The third-order valence-corrected chi connectivity index (χ3v) is 4.95. The lowest BCUT2D eigenvalue weighted by molar-refractivity contribution is 0.439. The summed E-state index contributed by atoms with van der Waals surface area (Å²) in [5.41, 5.74) is 5.63. The van der Waals surface area contributed by atoms with Crippen molar-refractivity contribution in [3.63, 3.8) is 0 Å². The number of rotatable bonds is 4. The summed E-state index contributed by atoms with van der Waals surface area (Å²) in [6.07, 6.45) is 0.779. The molecule has 3 aromatic rings. The number of anilines is 2. The van der Waals surface area contributed by atoms with Gasteiger partial charge in [0.2, 0.25) is 11.8 Å². The van der Waals surface area contributed by atoms with Crippen molar-refractivity contribution in [2.24, 2.45) is 0 Å². The van der Waals surface area contributed by atoms with Crippen molar-refractivity contribution >= 4 is 11.6 Å². The molecule has 0 bridgehead atoms. The summed E-state index contributed by atoms with van der Waals surface area (Å²) in [7, 11) is 0. The van der Waals surface area contributed by atoms with Crippen molar-refractivity contribution in [3.8, 4) is 23.8 Å². The van der Waals surface area contributed by atoms with Crippen LogP contribution >= 0.6 is 0 Å². The lowest BCUT2D eigenvalue weighted by atomic mass is 10.1. The third-order valence-electron chi connectivity index (χ3n) is 4.95. The van der Waals surface area contributed by atoms with E-state index < -0.39 is 0 Å². The number of benzene rings is 2. The molecule has 30 heavy (non-hydrogen) atoms. The van der Waals surface area contributed by atoms with Crippen molar-refractivity contribution in [2.45, 2.75) is 26.8 Å². The van der Waals surface area contributed by atoms with Crippen LogP contribution < -0.4 is 15.4 Å². The number of aryl methyl sites for hydroxylation is 2. The third kappa shape index (κ3) is 3.93. The number of nitrogens with zero attached hydrogens (tertiary/aromatic N) is 4. The molecule has 2 aromatic carbocycles. The van der Waals surface area contributed by atoms with Crippen molar-refractivity contribution in [1.29, 1.82) is 10.5 Å². The fourth-order valence-corrected chi connectivity index (χ4v) is 3.48. The van der Waals surface area contributed by atoms with E-state index in [-0.39, 0.29) is 0 Å². The minimum absolute atomic E-state index is 0.444. The Labute approximate surface area is 175 Å². The Morgan fingerprint density at radius 2 is 1.70 bits per heavy atom. The van der Waals surface area contributed by atoms with E-state index in [4.69, 9.17) is 10.00 Å². The van der Waals surface area contributed by atoms with Crippen LogP contribution in [0.15, 0.2) is 36.4 Å². The molecule has 0 spiro atoms. The predicted octanol–water partition coefficient (Wildman–Crippen LogP) is 4.02. The van der Waals surface area contributed by atoms with E-state index in [2.05, 4.69) is 32.7 Å². The molecule has 1 aliphatic rings. The monoisotopic (exact) mass is 396 g/mol. The molecule has 148 valence electrons. The molecule has 1 aromatic heterocycles. The number of nitriles is 2. The van der Waals surface area contributed by atoms with Crippen LogP contribution in [-0.4, -0.2) is 16.5 Å².